The van der Waals surface area contributed by atoms with Gasteiger partial charge in [0.05, 0.1) is 5.92 Å². The van der Waals surface area contributed by atoms with Gasteiger partial charge in [-0.05, 0) is 70.2 Å². The van der Waals surface area contributed by atoms with Gasteiger partial charge in [0.25, 0.3) is 5.91 Å². The van der Waals surface area contributed by atoms with Gasteiger partial charge < -0.3 is 15.7 Å². The molecule has 25 heavy (non-hydrogen) atoms. The minimum Gasteiger partial charge on any atom is -0.481 e. The number of benzene rings is 1. The Morgan fingerprint density at radius 2 is 1.68 bits per heavy atom. The number of carboxylic acid groups (broad SMARTS) is 1. The molecule has 6 heteroatoms. The molecule has 0 heterocycles. The van der Waals surface area contributed by atoms with Crippen LogP contribution in [0.25, 0.3) is 0 Å². The first-order valence-electron chi connectivity index (χ1n) is 8.73. The third-order valence-electron chi connectivity index (χ3n) is 4.61. The second kappa shape index (κ2) is 8.14. The number of rotatable bonds is 5. The molecule has 1 aromatic rings. The number of carbonyl (C=O) groups is 3. The standard InChI is InChI=1S/C19H26N2O4/c1-11(2)20-18(23)16-9-8-15(10-12(16)3)21-17(22)13-4-6-14(7-5-13)19(24)25/h8-11,13-14H,4-7H2,1-3H3,(H,20,23)(H,21,22)(H,24,25). The molecule has 3 N–H and O–H groups in total. The molecule has 2 rings (SSSR count). The van der Waals surface area contributed by atoms with Crippen molar-refractivity contribution in [2.24, 2.45) is 11.8 Å². The summed E-state index contributed by atoms with van der Waals surface area (Å²) in [6.07, 6.45) is 2.27. The number of carboxylic acids is 1. The van der Waals surface area contributed by atoms with Crippen molar-refractivity contribution in [3.05, 3.63) is 29.3 Å². The predicted molar refractivity (Wildman–Crippen MR) is 95.5 cm³/mol. The average molecular weight is 346 g/mol. The summed E-state index contributed by atoms with van der Waals surface area (Å²) in [7, 11) is 0. The van der Waals surface area contributed by atoms with E-state index in [9.17, 15) is 14.4 Å². The van der Waals surface area contributed by atoms with E-state index < -0.39 is 5.97 Å². The molecule has 1 aliphatic carbocycles. The summed E-state index contributed by atoms with van der Waals surface area (Å²) < 4.78 is 0. The number of hydrogen-bond donors (Lipinski definition) is 3. The summed E-state index contributed by atoms with van der Waals surface area (Å²) >= 11 is 0. The topological polar surface area (TPSA) is 95.5 Å². The molecule has 136 valence electrons. The summed E-state index contributed by atoms with van der Waals surface area (Å²) in [6, 6.07) is 5.29. The highest BCUT2D eigenvalue weighted by Gasteiger charge is 2.29. The lowest BCUT2D eigenvalue weighted by Crippen LogP contribution is -2.31. The maximum absolute atomic E-state index is 12.4. The molecule has 6 nitrogen and oxygen atoms in total. The monoisotopic (exact) mass is 346 g/mol. The summed E-state index contributed by atoms with van der Waals surface area (Å²) in [4.78, 5) is 35.5. The molecular formula is C19H26N2O4. The average Bonchev–Trinajstić information content (AvgIpc) is 2.54. The minimum atomic E-state index is -0.773. The number of nitrogens with one attached hydrogen (secondary N) is 2. The van der Waals surface area contributed by atoms with Crippen molar-refractivity contribution in [3.63, 3.8) is 0 Å². The van der Waals surface area contributed by atoms with Gasteiger partial charge in [-0.15, -0.1) is 0 Å². The molecule has 0 atom stereocenters. The summed E-state index contributed by atoms with van der Waals surface area (Å²) in [6.45, 7) is 5.64. The molecule has 0 radical (unpaired) electrons. The van der Waals surface area contributed by atoms with Crippen LogP contribution in [0.1, 0.15) is 55.5 Å². The molecule has 0 aliphatic heterocycles. The molecule has 1 aliphatic rings. The molecule has 0 aromatic heterocycles. The van der Waals surface area contributed by atoms with E-state index in [4.69, 9.17) is 5.11 Å². The van der Waals surface area contributed by atoms with Crippen LogP contribution in [0.15, 0.2) is 18.2 Å². The number of carbonyl (C=O) groups excluding carboxylic acids is 2. The lowest BCUT2D eigenvalue weighted by Gasteiger charge is -2.25. The highest BCUT2D eigenvalue weighted by Crippen LogP contribution is 2.30. The van der Waals surface area contributed by atoms with Gasteiger partial charge in [0.1, 0.15) is 0 Å². The summed E-state index contributed by atoms with van der Waals surface area (Å²) in [5, 5.41) is 14.8. The number of amides is 2. The first-order valence-corrected chi connectivity index (χ1v) is 8.73. The predicted octanol–water partition coefficient (Wildman–Crippen LogP) is 2.96. The SMILES string of the molecule is Cc1cc(NC(=O)C2CCC(C(=O)O)CC2)ccc1C(=O)NC(C)C. The summed E-state index contributed by atoms with van der Waals surface area (Å²) in [5.41, 5.74) is 2.04. The molecule has 0 saturated heterocycles. The van der Waals surface area contributed by atoms with Crippen LogP contribution in [0.4, 0.5) is 5.69 Å². The Morgan fingerprint density at radius 3 is 2.20 bits per heavy atom. The van der Waals surface area contributed by atoms with Crippen LogP contribution in [0.3, 0.4) is 0 Å². The van der Waals surface area contributed by atoms with Crippen molar-refractivity contribution >= 4 is 23.5 Å². The van der Waals surface area contributed by atoms with E-state index in [-0.39, 0.29) is 29.7 Å². The Bertz CT molecular complexity index is 661. The second-order valence-electron chi connectivity index (χ2n) is 7.03. The molecule has 1 fully saturated rings. The van der Waals surface area contributed by atoms with Crippen LogP contribution in [-0.4, -0.2) is 28.9 Å². The highest BCUT2D eigenvalue weighted by atomic mass is 16.4. The fourth-order valence-electron chi connectivity index (χ4n) is 3.18. The van der Waals surface area contributed by atoms with Crippen molar-refractivity contribution in [1.82, 2.24) is 5.32 Å². The van der Waals surface area contributed by atoms with Crippen LogP contribution in [-0.2, 0) is 9.59 Å². The van der Waals surface area contributed by atoms with Gasteiger partial charge in [-0.25, -0.2) is 0 Å². The zero-order valence-electron chi connectivity index (χ0n) is 15.0. The smallest absolute Gasteiger partial charge is 0.306 e. The lowest BCUT2D eigenvalue weighted by atomic mass is 9.81. The molecule has 1 aromatic carbocycles. The number of hydrogen-bond acceptors (Lipinski definition) is 3. The van der Waals surface area contributed by atoms with E-state index in [1.54, 1.807) is 18.2 Å². The van der Waals surface area contributed by atoms with Crippen molar-refractivity contribution in [3.8, 4) is 0 Å². The van der Waals surface area contributed by atoms with Crippen LogP contribution in [0.2, 0.25) is 0 Å². The third kappa shape index (κ3) is 5.05. The molecular weight excluding hydrogens is 320 g/mol. The van der Waals surface area contributed by atoms with Crippen LogP contribution >= 0.6 is 0 Å². The van der Waals surface area contributed by atoms with Gasteiger partial charge in [-0.1, -0.05) is 0 Å². The Labute approximate surface area is 148 Å². The van der Waals surface area contributed by atoms with E-state index >= 15 is 0 Å². The molecule has 1 saturated carbocycles. The zero-order valence-corrected chi connectivity index (χ0v) is 15.0. The fourth-order valence-corrected chi connectivity index (χ4v) is 3.18. The van der Waals surface area contributed by atoms with E-state index in [1.807, 2.05) is 20.8 Å². The molecule has 0 bridgehead atoms. The number of anilines is 1. The first-order chi connectivity index (χ1) is 11.8. The highest BCUT2D eigenvalue weighted by molar-refractivity contribution is 5.97. The van der Waals surface area contributed by atoms with Gasteiger partial charge in [0.2, 0.25) is 5.91 Å². The van der Waals surface area contributed by atoms with Crippen LogP contribution < -0.4 is 10.6 Å². The van der Waals surface area contributed by atoms with E-state index in [1.165, 1.54) is 0 Å². The fraction of sp³-hybridized carbons (Fsp3) is 0.526. The molecule has 0 spiro atoms. The van der Waals surface area contributed by atoms with E-state index in [0.717, 1.165) is 5.56 Å². The second-order valence-corrected chi connectivity index (χ2v) is 7.03. The normalized spacial score (nSPS) is 20.2. The van der Waals surface area contributed by atoms with Gasteiger partial charge in [-0.2, -0.15) is 0 Å². The number of aryl methyl sites for hydroxylation is 1. The van der Waals surface area contributed by atoms with Gasteiger partial charge in [0, 0.05) is 23.2 Å². The summed E-state index contributed by atoms with van der Waals surface area (Å²) in [5.74, 6) is -1.46. The Kier molecular flexibility index (Phi) is 6.17. The Hall–Kier alpha value is -2.37. The van der Waals surface area contributed by atoms with E-state index in [2.05, 4.69) is 10.6 Å². The maximum atomic E-state index is 12.4. The third-order valence-corrected chi connectivity index (χ3v) is 4.61. The van der Waals surface area contributed by atoms with Crippen molar-refractivity contribution in [2.75, 3.05) is 5.32 Å². The molecule has 2 amide bonds. The zero-order chi connectivity index (χ0) is 18.6. The first kappa shape index (κ1) is 19.0. The van der Waals surface area contributed by atoms with Gasteiger partial charge >= 0.3 is 5.97 Å². The lowest BCUT2D eigenvalue weighted by molar-refractivity contribution is -0.143. The Morgan fingerprint density at radius 1 is 1.08 bits per heavy atom. The largest absolute Gasteiger partial charge is 0.481 e. The van der Waals surface area contributed by atoms with Crippen molar-refractivity contribution in [2.45, 2.75) is 52.5 Å². The van der Waals surface area contributed by atoms with Crippen LogP contribution in [0, 0.1) is 18.8 Å². The van der Waals surface area contributed by atoms with Crippen molar-refractivity contribution in [1.29, 1.82) is 0 Å². The number of aliphatic carboxylic acids is 1. The van der Waals surface area contributed by atoms with Gasteiger partial charge in [0.15, 0.2) is 0 Å². The van der Waals surface area contributed by atoms with Gasteiger partial charge in [-0.3, -0.25) is 14.4 Å². The molecule has 0 unspecified atom stereocenters. The minimum absolute atomic E-state index is 0.0622. The van der Waals surface area contributed by atoms with Crippen LogP contribution in [0.5, 0.6) is 0 Å². The van der Waals surface area contributed by atoms with E-state index in [0.29, 0.717) is 36.9 Å². The Balaban J connectivity index is 1.97. The van der Waals surface area contributed by atoms with Crippen molar-refractivity contribution < 1.29 is 19.5 Å². The quantitative estimate of drug-likeness (QED) is 0.764. The maximum Gasteiger partial charge on any atom is 0.306 e.